The first-order valence-electron chi connectivity index (χ1n) is 7.94. The summed E-state index contributed by atoms with van der Waals surface area (Å²) in [6.07, 6.45) is 3.29. The fourth-order valence-electron chi connectivity index (χ4n) is 3.02. The SMILES string of the molecule is CC(=O)c1ccccc1-c1nc(C(=O)N2CCCCC2C)cs1. The predicted octanol–water partition coefficient (Wildman–Crippen LogP) is 4.03. The Hall–Kier alpha value is -2.01. The van der Waals surface area contributed by atoms with Gasteiger partial charge in [-0.25, -0.2) is 4.98 Å². The highest BCUT2D eigenvalue weighted by molar-refractivity contribution is 7.13. The van der Waals surface area contributed by atoms with Gasteiger partial charge in [0, 0.05) is 29.1 Å². The number of aromatic nitrogens is 1. The van der Waals surface area contributed by atoms with Crippen molar-refractivity contribution in [2.24, 2.45) is 0 Å². The molecular weight excluding hydrogens is 308 g/mol. The summed E-state index contributed by atoms with van der Waals surface area (Å²) in [6, 6.07) is 7.68. The maximum absolute atomic E-state index is 12.7. The molecule has 5 heteroatoms. The maximum atomic E-state index is 12.7. The molecule has 1 aliphatic rings. The van der Waals surface area contributed by atoms with E-state index in [1.807, 2.05) is 23.1 Å². The number of amides is 1. The van der Waals surface area contributed by atoms with E-state index < -0.39 is 0 Å². The third-order valence-corrected chi connectivity index (χ3v) is 5.20. The number of piperidine rings is 1. The first-order chi connectivity index (χ1) is 11.1. The van der Waals surface area contributed by atoms with Crippen LogP contribution in [-0.2, 0) is 0 Å². The number of carbonyl (C=O) groups is 2. The van der Waals surface area contributed by atoms with Gasteiger partial charge in [0.25, 0.3) is 5.91 Å². The molecule has 2 aromatic rings. The number of hydrogen-bond acceptors (Lipinski definition) is 4. The lowest BCUT2D eigenvalue weighted by molar-refractivity contribution is 0.0630. The number of nitrogens with zero attached hydrogens (tertiary/aromatic N) is 2. The molecule has 3 rings (SSSR count). The van der Waals surface area contributed by atoms with E-state index >= 15 is 0 Å². The average molecular weight is 328 g/mol. The van der Waals surface area contributed by atoms with Gasteiger partial charge in [-0.15, -0.1) is 11.3 Å². The van der Waals surface area contributed by atoms with E-state index in [0.717, 1.165) is 30.0 Å². The summed E-state index contributed by atoms with van der Waals surface area (Å²) in [4.78, 5) is 30.9. The normalized spacial score (nSPS) is 18.0. The average Bonchev–Trinajstić information content (AvgIpc) is 3.04. The Balaban J connectivity index is 1.89. The van der Waals surface area contributed by atoms with Gasteiger partial charge in [-0.1, -0.05) is 24.3 Å². The van der Waals surface area contributed by atoms with Crippen LogP contribution in [0.2, 0.25) is 0 Å². The maximum Gasteiger partial charge on any atom is 0.273 e. The van der Waals surface area contributed by atoms with Gasteiger partial charge < -0.3 is 4.90 Å². The first kappa shape index (κ1) is 15.9. The van der Waals surface area contributed by atoms with Gasteiger partial charge in [-0.3, -0.25) is 9.59 Å². The largest absolute Gasteiger partial charge is 0.335 e. The van der Waals surface area contributed by atoms with Gasteiger partial charge in [-0.2, -0.15) is 0 Å². The van der Waals surface area contributed by atoms with E-state index in [0.29, 0.717) is 11.3 Å². The van der Waals surface area contributed by atoms with Crippen LogP contribution in [0.15, 0.2) is 29.6 Å². The van der Waals surface area contributed by atoms with E-state index in [9.17, 15) is 9.59 Å². The van der Waals surface area contributed by atoms with Crippen LogP contribution < -0.4 is 0 Å². The molecule has 0 N–H and O–H groups in total. The number of Topliss-reactive ketones (excluding diaryl/α,β-unsaturated/α-hetero) is 1. The summed E-state index contributed by atoms with van der Waals surface area (Å²) in [7, 11) is 0. The number of thiazole rings is 1. The molecule has 0 radical (unpaired) electrons. The monoisotopic (exact) mass is 328 g/mol. The Kier molecular flexibility index (Phi) is 4.57. The van der Waals surface area contributed by atoms with Crippen LogP contribution in [0.5, 0.6) is 0 Å². The van der Waals surface area contributed by atoms with Gasteiger partial charge >= 0.3 is 0 Å². The van der Waals surface area contributed by atoms with Crippen molar-refractivity contribution in [3.05, 3.63) is 40.9 Å². The highest BCUT2D eigenvalue weighted by Crippen LogP contribution is 2.28. The highest BCUT2D eigenvalue weighted by Gasteiger charge is 2.26. The van der Waals surface area contributed by atoms with Crippen LogP contribution in [0.25, 0.3) is 10.6 Å². The second-order valence-electron chi connectivity index (χ2n) is 5.98. The van der Waals surface area contributed by atoms with Gasteiger partial charge in [0.15, 0.2) is 5.78 Å². The van der Waals surface area contributed by atoms with E-state index in [1.54, 1.807) is 18.4 Å². The third-order valence-electron chi connectivity index (χ3n) is 4.32. The Bertz CT molecular complexity index is 738. The lowest BCUT2D eigenvalue weighted by atomic mass is 10.0. The second kappa shape index (κ2) is 6.62. The Labute approximate surface area is 140 Å². The summed E-state index contributed by atoms with van der Waals surface area (Å²) in [5.74, 6) is 0.00772. The summed E-state index contributed by atoms with van der Waals surface area (Å²) in [5, 5.41) is 2.53. The molecule has 1 aliphatic heterocycles. The molecule has 0 aliphatic carbocycles. The van der Waals surface area contributed by atoms with E-state index in [4.69, 9.17) is 0 Å². The van der Waals surface area contributed by atoms with Crippen molar-refractivity contribution in [1.29, 1.82) is 0 Å². The van der Waals surface area contributed by atoms with E-state index in [-0.39, 0.29) is 17.7 Å². The van der Waals surface area contributed by atoms with Crippen molar-refractivity contribution < 1.29 is 9.59 Å². The summed E-state index contributed by atoms with van der Waals surface area (Å²) in [5.41, 5.74) is 1.93. The van der Waals surface area contributed by atoms with Crippen molar-refractivity contribution in [2.75, 3.05) is 6.54 Å². The van der Waals surface area contributed by atoms with Gasteiger partial charge in [0.2, 0.25) is 0 Å². The molecule has 1 amide bonds. The fraction of sp³-hybridized carbons (Fsp3) is 0.389. The van der Waals surface area contributed by atoms with Gasteiger partial charge in [0.1, 0.15) is 10.7 Å². The van der Waals surface area contributed by atoms with Crippen LogP contribution in [0.4, 0.5) is 0 Å². The van der Waals surface area contributed by atoms with E-state index in [2.05, 4.69) is 11.9 Å². The molecule has 1 aromatic heterocycles. The van der Waals surface area contributed by atoms with Crippen molar-refractivity contribution >= 4 is 23.0 Å². The quantitative estimate of drug-likeness (QED) is 0.799. The molecule has 120 valence electrons. The predicted molar refractivity (Wildman–Crippen MR) is 91.9 cm³/mol. The van der Waals surface area contributed by atoms with E-state index in [1.165, 1.54) is 17.8 Å². The van der Waals surface area contributed by atoms with Crippen LogP contribution in [0.1, 0.15) is 54.0 Å². The molecule has 0 spiro atoms. The summed E-state index contributed by atoms with van der Waals surface area (Å²) >= 11 is 1.42. The number of rotatable bonds is 3. The molecule has 4 nitrogen and oxygen atoms in total. The van der Waals surface area contributed by atoms with Crippen LogP contribution in [0.3, 0.4) is 0 Å². The minimum Gasteiger partial charge on any atom is -0.335 e. The Morgan fingerprint density at radius 1 is 1.26 bits per heavy atom. The van der Waals surface area contributed by atoms with Crippen molar-refractivity contribution in [2.45, 2.75) is 39.2 Å². The number of likely N-dealkylation sites (tertiary alicyclic amines) is 1. The summed E-state index contributed by atoms with van der Waals surface area (Å²) in [6.45, 7) is 4.44. The standard InChI is InChI=1S/C18H20N2O2S/c1-12-7-5-6-10-20(12)18(22)16-11-23-17(19-16)15-9-4-3-8-14(15)13(2)21/h3-4,8-9,11-12H,5-7,10H2,1-2H3. The van der Waals surface area contributed by atoms with Gasteiger partial charge in [0.05, 0.1) is 0 Å². The van der Waals surface area contributed by atoms with Crippen LogP contribution in [-0.4, -0.2) is 34.2 Å². The van der Waals surface area contributed by atoms with Crippen LogP contribution >= 0.6 is 11.3 Å². The lowest BCUT2D eigenvalue weighted by Crippen LogP contribution is -2.42. The number of hydrogen-bond donors (Lipinski definition) is 0. The van der Waals surface area contributed by atoms with Crippen LogP contribution in [0, 0.1) is 0 Å². The Morgan fingerprint density at radius 2 is 2.04 bits per heavy atom. The molecule has 1 atom stereocenters. The molecule has 1 aromatic carbocycles. The van der Waals surface area contributed by atoms with Gasteiger partial charge in [-0.05, 0) is 33.1 Å². The molecule has 0 bridgehead atoms. The lowest BCUT2D eigenvalue weighted by Gasteiger charge is -2.32. The van der Waals surface area contributed by atoms with Crippen molar-refractivity contribution in [3.8, 4) is 10.6 Å². The molecule has 1 saturated heterocycles. The zero-order chi connectivity index (χ0) is 16.4. The highest BCUT2D eigenvalue weighted by atomic mass is 32.1. The molecule has 23 heavy (non-hydrogen) atoms. The molecule has 1 unspecified atom stereocenters. The minimum atomic E-state index is 0.00000567. The first-order valence-corrected chi connectivity index (χ1v) is 8.82. The Morgan fingerprint density at radius 3 is 2.78 bits per heavy atom. The molecule has 1 fully saturated rings. The molecule has 0 saturated carbocycles. The minimum absolute atomic E-state index is 0.00000567. The zero-order valence-electron chi connectivity index (χ0n) is 13.4. The number of ketones is 1. The smallest absolute Gasteiger partial charge is 0.273 e. The molecule has 2 heterocycles. The fourth-order valence-corrected chi connectivity index (χ4v) is 3.85. The number of carbonyl (C=O) groups excluding carboxylic acids is 2. The molecular formula is C18H20N2O2S. The topological polar surface area (TPSA) is 50.3 Å². The zero-order valence-corrected chi connectivity index (χ0v) is 14.2. The summed E-state index contributed by atoms with van der Waals surface area (Å²) < 4.78 is 0. The van der Waals surface area contributed by atoms with Crippen molar-refractivity contribution in [3.63, 3.8) is 0 Å². The number of benzene rings is 1. The third kappa shape index (κ3) is 3.20. The second-order valence-corrected chi connectivity index (χ2v) is 6.84. The van der Waals surface area contributed by atoms with Crippen molar-refractivity contribution in [1.82, 2.24) is 9.88 Å².